The number of pyridine rings is 1. The van der Waals surface area contributed by atoms with Crippen LogP contribution in [-0.2, 0) is 33.1 Å². The van der Waals surface area contributed by atoms with E-state index in [1.165, 1.54) is 17.2 Å². The minimum Gasteiger partial charge on any atom is -0.490 e. The molecule has 2 N–H and O–H groups in total. The molecule has 3 aromatic rings. The molecule has 1 spiro atoms. The molecule has 2 bridgehead atoms. The van der Waals surface area contributed by atoms with E-state index >= 15 is 0 Å². The van der Waals surface area contributed by atoms with Crippen LogP contribution in [0.4, 0.5) is 5.69 Å². The summed E-state index contributed by atoms with van der Waals surface area (Å²) in [4.78, 5) is 20.0. The van der Waals surface area contributed by atoms with Crippen LogP contribution in [0.25, 0.3) is 0 Å². The van der Waals surface area contributed by atoms with E-state index in [-0.39, 0.29) is 28.1 Å². The number of hydrogen-bond acceptors (Lipinski definition) is 7. The zero-order chi connectivity index (χ0) is 36.0. The number of benzene rings is 2. The lowest BCUT2D eigenvalue weighted by Gasteiger charge is -2.47. The number of anilines is 1. The lowest BCUT2D eigenvalue weighted by atomic mass is 9.64. The molecule has 10 heteroatoms. The van der Waals surface area contributed by atoms with Gasteiger partial charge in [-0.15, -0.1) is 0 Å². The summed E-state index contributed by atoms with van der Waals surface area (Å²) in [5, 5.41) is 13.1. The van der Waals surface area contributed by atoms with Gasteiger partial charge < -0.3 is 14.7 Å². The topological polar surface area (TPSA) is 109 Å². The van der Waals surface area contributed by atoms with E-state index in [0.717, 1.165) is 43.4 Å². The number of aryl methyl sites for hydroxylation is 2. The van der Waals surface area contributed by atoms with Crippen molar-refractivity contribution in [3.05, 3.63) is 94.3 Å². The maximum atomic E-state index is 13.7. The first-order valence-electron chi connectivity index (χ1n) is 18.0. The standard InChI is InChI=1S/C41H46ClN3O5S/c1-27-7-4-19-41(47,20-5-8-30-11-10-28(2)43-23-30)36-15-12-32(36)24-45-25-40(18-6-9-31-21-33(42)13-16-35(31)40)26-50-38-17-14-34(22-37(38)45)51(48,49)44-39(46)29(27)3/h4,10-11,13-14,16-17,19,21-23,27,29,32,36,47H,6-9,12,15,18,24-26H2,1-3H3,(H,44,46)/b19-4+/t27-,29+,32-,36+,40-,41+/m0/s1. The normalized spacial score (nSPS) is 30.6. The van der Waals surface area contributed by atoms with Gasteiger partial charge in [-0.2, -0.15) is 0 Å². The van der Waals surface area contributed by atoms with Gasteiger partial charge in [0.2, 0.25) is 5.91 Å². The molecule has 2 aromatic carbocycles. The highest BCUT2D eigenvalue weighted by molar-refractivity contribution is 7.90. The second-order valence-electron chi connectivity index (χ2n) is 15.2. The van der Waals surface area contributed by atoms with Crippen molar-refractivity contribution >= 4 is 33.2 Å². The smallest absolute Gasteiger partial charge is 0.264 e. The number of aromatic nitrogens is 1. The Kier molecular flexibility index (Phi) is 9.72. The van der Waals surface area contributed by atoms with E-state index < -0.39 is 27.4 Å². The number of sulfonamides is 1. The fourth-order valence-corrected chi connectivity index (χ4v) is 9.55. The minimum atomic E-state index is -4.16. The van der Waals surface area contributed by atoms with Crippen molar-refractivity contribution in [1.29, 1.82) is 0 Å². The molecule has 51 heavy (non-hydrogen) atoms. The summed E-state index contributed by atoms with van der Waals surface area (Å²) >= 11 is 6.45. The van der Waals surface area contributed by atoms with Gasteiger partial charge in [0, 0.05) is 53.7 Å². The molecular formula is C41H46ClN3O5S. The molecule has 8 nitrogen and oxygen atoms in total. The average Bonchev–Trinajstić information content (AvgIpc) is 3.23. The third-order valence-corrected chi connectivity index (χ3v) is 13.3. The third kappa shape index (κ3) is 7.16. The number of aliphatic hydroxyl groups is 1. The molecule has 0 radical (unpaired) electrons. The Hall–Kier alpha value is -3.84. The van der Waals surface area contributed by atoms with Crippen LogP contribution in [0.3, 0.4) is 0 Å². The summed E-state index contributed by atoms with van der Waals surface area (Å²) in [5.74, 6) is 5.72. The molecule has 3 heterocycles. The van der Waals surface area contributed by atoms with Crippen molar-refractivity contribution in [3.63, 3.8) is 0 Å². The molecular weight excluding hydrogens is 682 g/mol. The van der Waals surface area contributed by atoms with E-state index in [9.17, 15) is 18.3 Å². The molecule has 2 aliphatic carbocycles. The van der Waals surface area contributed by atoms with Gasteiger partial charge in [-0.05, 0) is 116 Å². The van der Waals surface area contributed by atoms with Gasteiger partial charge in [-0.25, -0.2) is 13.1 Å². The highest BCUT2D eigenvalue weighted by atomic mass is 35.5. The number of hydrogen-bond donors (Lipinski definition) is 2. The second kappa shape index (κ2) is 13.9. The third-order valence-electron chi connectivity index (χ3n) is 11.7. The lowest BCUT2D eigenvalue weighted by molar-refractivity contribution is -0.124. The quantitative estimate of drug-likeness (QED) is 0.216. The summed E-state index contributed by atoms with van der Waals surface area (Å²) in [6, 6.07) is 15.0. The Morgan fingerprint density at radius 2 is 1.98 bits per heavy atom. The number of allylic oxidation sites excluding steroid dienone is 1. The maximum absolute atomic E-state index is 13.7. The van der Waals surface area contributed by atoms with E-state index in [0.29, 0.717) is 49.0 Å². The van der Waals surface area contributed by atoms with Crippen molar-refractivity contribution in [2.24, 2.45) is 23.7 Å². The Morgan fingerprint density at radius 1 is 1.14 bits per heavy atom. The molecule has 268 valence electrons. The van der Waals surface area contributed by atoms with Crippen molar-refractivity contribution < 1.29 is 23.1 Å². The zero-order valence-electron chi connectivity index (χ0n) is 29.5. The van der Waals surface area contributed by atoms with Crippen LogP contribution in [0.2, 0.25) is 5.02 Å². The van der Waals surface area contributed by atoms with E-state index in [1.54, 1.807) is 19.1 Å². The Balaban J connectivity index is 1.30. The lowest BCUT2D eigenvalue weighted by Crippen LogP contribution is -2.52. The molecule has 1 fully saturated rings. The van der Waals surface area contributed by atoms with Crippen LogP contribution in [0.15, 0.2) is 71.8 Å². The number of ether oxygens (including phenoxy) is 1. The summed E-state index contributed by atoms with van der Waals surface area (Å²) < 4.78 is 36.3. The van der Waals surface area contributed by atoms with Crippen molar-refractivity contribution in [1.82, 2.24) is 9.71 Å². The SMILES string of the molecule is Cc1ccc(CC#C[C@]2(O)/C=C/C[C@H](C)[C@@H](C)C(=O)NS(=O)(=O)c3ccc4c(c3)N(C[C@@H]3CC[C@H]32)C[C@@]2(CCCc3cc(Cl)ccc32)CO4)cn1. The molecule has 0 saturated heterocycles. The van der Waals surface area contributed by atoms with Crippen LogP contribution in [0.1, 0.15) is 68.3 Å². The number of nitrogens with zero attached hydrogens (tertiary/aromatic N) is 2. The predicted molar refractivity (Wildman–Crippen MR) is 199 cm³/mol. The van der Waals surface area contributed by atoms with Crippen LogP contribution in [0.5, 0.6) is 5.75 Å². The minimum absolute atomic E-state index is 0.0138. The number of fused-ring (bicyclic) bond motifs is 4. The highest BCUT2D eigenvalue weighted by Crippen LogP contribution is 2.48. The fraction of sp³-hybridized carbons (Fsp3) is 0.463. The van der Waals surface area contributed by atoms with Crippen LogP contribution in [-0.4, -0.2) is 49.7 Å². The summed E-state index contributed by atoms with van der Waals surface area (Å²) in [7, 11) is -4.16. The Bertz CT molecular complexity index is 2020. The summed E-state index contributed by atoms with van der Waals surface area (Å²) in [6.07, 6.45) is 11.0. The molecule has 7 rings (SSSR count). The van der Waals surface area contributed by atoms with Crippen molar-refractivity contribution in [2.75, 3.05) is 24.6 Å². The molecule has 0 unspecified atom stereocenters. The van der Waals surface area contributed by atoms with E-state index in [4.69, 9.17) is 16.3 Å². The molecule has 2 aliphatic heterocycles. The van der Waals surface area contributed by atoms with Gasteiger partial charge in [-0.3, -0.25) is 9.78 Å². The van der Waals surface area contributed by atoms with Crippen molar-refractivity contribution in [3.8, 4) is 17.6 Å². The Morgan fingerprint density at radius 3 is 2.75 bits per heavy atom. The maximum Gasteiger partial charge on any atom is 0.264 e. The van der Waals surface area contributed by atoms with E-state index in [1.807, 2.05) is 50.4 Å². The van der Waals surface area contributed by atoms with Gasteiger partial charge in [0.15, 0.2) is 0 Å². The first kappa shape index (κ1) is 35.6. The van der Waals surface area contributed by atoms with Gasteiger partial charge in [0.25, 0.3) is 10.0 Å². The molecule has 4 aliphatic rings. The highest BCUT2D eigenvalue weighted by Gasteiger charge is 2.48. The van der Waals surface area contributed by atoms with Gasteiger partial charge in [0.1, 0.15) is 11.4 Å². The Labute approximate surface area is 306 Å². The van der Waals surface area contributed by atoms with Crippen LogP contribution >= 0.6 is 11.6 Å². The molecule has 1 aromatic heterocycles. The first-order valence-corrected chi connectivity index (χ1v) is 19.9. The van der Waals surface area contributed by atoms with Crippen LogP contribution < -0.4 is 14.4 Å². The molecule has 1 saturated carbocycles. The molecule has 6 atom stereocenters. The molecule has 1 amide bonds. The number of nitrogens with one attached hydrogen (secondary N) is 1. The number of amides is 1. The zero-order valence-corrected chi connectivity index (χ0v) is 31.1. The number of rotatable bonds is 1. The number of carbonyl (C=O) groups is 1. The van der Waals surface area contributed by atoms with Crippen molar-refractivity contribution in [2.45, 2.75) is 81.6 Å². The summed E-state index contributed by atoms with van der Waals surface area (Å²) in [5.41, 5.74) is 3.28. The van der Waals surface area contributed by atoms with Gasteiger partial charge in [0.05, 0.1) is 17.2 Å². The monoisotopic (exact) mass is 727 g/mol. The van der Waals surface area contributed by atoms with Gasteiger partial charge in [-0.1, -0.05) is 55.5 Å². The summed E-state index contributed by atoms with van der Waals surface area (Å²) in [6.45, 7) is 7.21. The largest absolute Gasteiger partial charge is 0.490 e. The number of carbonyl (C=O) groups excluding carboxylic acids is 1. The predicted octanol–water partition coefficient (Wildman–Crippen LogP) is 6.56. The average molecular weight is 728 g/mol. The van der Waals surface area contributed by atoms with Crippen LogP contribution in [0, 0.1) is 42.4 Å². The second-order valence-corrected chi connectivity index (χ2v) is 17.3. The number of halogens is 1. The fourth-order valence-electron chi connectivity index (χ4n) is 8.27. The van der Waals surface area contributed by atoms with E-state index in [2.05, 4.69) is 38.6 Å². The van der Waals surface area contributed by atoms with Gasteiger partial charge >= 0.3 is 0 Å². The first-order chi connectivity index (χ1) is 24.4.